The van der Waals surface area contributed by atoms with Crippen LogP contribution in [0.3, 0.4) is 0 Å². The van der Waals surface area contributed by atoms with E-state index in [1.165, 1.54) is 9.13 Å². The molecule has 72 valence electrons. The van der Waals surface area contributed by atoms with E-state index >= 15 is 0 Å². The summed E-state index contributed by atoms with van der Waals surface area (Å²) in [6.07, 6.45) is 0. The molecule has 1 aromatic heterocycles. The van der Waals surface area contributed by atoms with Crippen molar-refractivity contribution in [1.82, 2.24) is 10.1 Å². The first-order valence-electron chi connectivity index (χ1n) is 4.24. The van der Waals surface area contributed by atoms with Gasteiger partial charge in [-0.05, 0) is 54.1 Å². The van der Waals surface area contributed by atoms with Gasteiger partial charge in [-0.2, -0.15) is 4.98 Å². The van der Waals surface area contributed by atoms with Crippen molar-refractivity contribution < 1.29 is 4.52 Å². The zero-order chi connectivity index (χ0) is 10.1. The van der Waals surface area contributed by atoms with Gasteiger partial charge in [0.15, 0.2) is 5.82 Å². The van der Waals surface area contributed by atoms with Crippen molar-refractivity contribution >= 4 is 22.6 Å². The standard InChI is InChI=1S/C10H9IN2O/c1-6-8(4-3-5-9(6)11)10-12-7(2)13-14-10/h3-5H,1-2H3. The number of aryl methyl sites for hydroxylation is 1. The Morgan fingerprint density at radius 2 is 2.07 bits per heavy atom. The molecular weight excluding hydrogens is 291 g/mol. The number of aromatic nitrogens is 2. The molecule has 0 saturated heterocycles. The fourth-order valence-corrected chi connectivity index (χ4v) is 1.74. The van der Waals surface area contributed by atoms with Gasteiger partial charge in [-0.25, -0.2) is 0 Å². The molecule has 3 nitrogen and oxygen atoms in total. The third kappa shape index (κ3) is 1.66. The number of nitrogens with zero attached hydrogens (tertiary/aromatic N) is 2. The van der Waals surface area contributed by atoms with E-state index in [4.69, 9.17) is 4.52 Å². The fraction of sp³-hybridized carbons (Fsp3) is 0.200. The van der Waals surface area contributed by atoms with Crippen LogP contribution in [-0.2, 0) is 0 Å². The fourth-order valence-electron chi connectivity index (χ4n) is 1.25. The lowest BCUT2D eigenvalue weighted by Gasteiger charge is -2.01. The van der Waals surface area contributed by atoms with Crippen LogP contribution >= 0.6 is 22.6 Å². The van der Waals surface area contributed by atoms with Gasteiger partial charge in [-0.15, -0.1) is 0 Å². The van der Waals surface area contributed by atoms with E-state index in [0.717, 1.165) is 5.56 Å². The van der Waals surface area contributed by atoms with E-state index in [0.29, 0.717) is 11.7 Å². The van der Waals surface area contributed by atoms with Crippen molar-refractivity contribution in [1.29, 1.82) is 0 Å². The Labute approximate surface area is 95.7 Å². The van der Waals surface area contributed by atoms with Gasteiger partial charge in [0.1, 0.15) is 0 Å². The summed E-state index contributed by atoms with van der Waals surface area (Å²) >= 11 is 2.29. The van der Waals surface area contributed by atoms with E-state index in [1.54, 1.807) is 0 Å². The predicted molar refractivity (Wildman–Crippen MR) is 61.9 cm³/mol. The number of hydrogen-bond donors (Lipinski definition) is 0. The van der Waals surface area contributed by atoms with Gasteiger partial charge in [0.2, 0.25) is 0 Å². The number of hydrogen-bond acceptors (Lipinski definition) is 3. The van der Waals surface area contributed by atoms with Crippen molar-refractivity contribution in [3.63, 3.8) is 0 Å². The van der Waals surface area contributed by atoms with Gasteiger partial charge < -0.3 is 4.52 Å². The molecule has 0 bridgehead atoms. The summed E-state index contributed by atoms with van der Waals surface area (Å²) in [6, 6.07) is 6.04. The first-order valence-corrected chi connectivity index (χ1v) is 5.32. The Balaban J connectivity index is 2.57. The van der Waals surface area contributed by atoms with Crippen molar-refractivity contribution in [2.24, 2.45) is 0 Å². The van der Waals surface area contributed by atoms with Gasteiger partial charge >= 0.3 is 0 Å². The third-order valence-corrected chi connectivity index (χ3v) is 3.19. The summed E-state index contributed by atoms with van der Waals surface area (Å²) in [7, 11) is 0. The zero-order valence-corrected chi connectivity index (χ0v) is 10.1. The molecule has 0 saturated carbocycles. The second kappa shape index (κ2) is 3.68. The van der Waals surface area contributed by atoms with Crippen molar-refractivity contribution in [3.05, 3.63) is 33.2 Å². The van der Waals surface area contributed by atoms with Crippen LogP contribution < -0.4 is 0 Å². The average Bonchev–Trinajstić information content (AvgIpc) is 2.57. The van der Waals surface area contributed by atoms with Crippen LogP contribution in [0.15, 0.2) is 22.7 Å². The van der Waals surface area contributed by atoms with Crippen LogP contribution in [0.5, 0.6) is 0 Å². The summed E-state index contributed by atoms with van der Waals surface area (Å²) in [4.78, 5) is 4.20. The van der Waals surface area contributed by atoms with Crippen LogP contribution in [0.25, 0.3) is 11.5 Å². The van der Waals surface area contributed by atoms with E-state index in [-0.39, 0.29) is 0 Å². The van der Waals surface area contributed by atoms with E-state index in [2.05, 4.69) is 45.7 Å². The van der Waals surface area contributed by atoms with Crippen LogP contribution in [0.2, 0.25) is 0 Å². The smallest absolute Gasteiger partial charge is 0.258 e. The maximum Gasteiger partial charge on any atom is 0.258 e. The monoisotopic (exact) mass is 300 g/mol. The molecule has 0 N–H and O–H groups in total. The first-order chi connectivity index (χ1) is 6.68. The number of benzene rings is 1. The highest BCUT2D eigenvalue weighted by Crippen LogP contribution is 2.24. The Morgan fingerprint density at radius 1 is 1.29 bits per heavy atom. The molecule has 14 heavy (non-hydrogen) atoms. The molecule has 0 aliphatic carbocycles. The Kier molecular flexibility index (Phi) is 2.54. The van der Waals surface area contributed by atoms with Gasteiger partial charge in [0, 0.05) is 9.13 Å². The minimum Gasteiger partial charge on any atom is -0.334 e. The molecule has 0 amide bonds. The van der Waals surface area contributed by atoms with Crippen molar-refractivity contribution in [3.8, 4) is 11.5 Å². The number of halogens is 1. The topological polar surface area (TPSA) is 38.9 Å². The van der Waals surface area contributed by atoms with Crippen molar-refractivity contribution in [2.45, 2.75) is 13.8 Å². The molecule has 0 unspecified atom stereocenters. The van der Waals surface area contributed by atoms with Gasteiger partial charge in [-0.3, -0.25) is 0 Å². The molecule has 1 heterocycles. The molecule has 4 heteroatoms. The Bertz CT molecular complexity index is 465. The van der Waals surface area contributed by atoms with Crippen molar-refractivity contribution in [2.75, 3.05) is 0 Å². The average molecular weight is 300 g/mol. The summed E-state index contributed by atoms with van der Waals surface area (Å²) < 4.78 is 6.33. The molecule has 0 fully saturated rings. The zero-order valence-electron chi connectivity index (χ0n) is 7.91. The highest BCUT2D eigenvalue weighted by Gasteiger charge is 2.10. The number of rotatable bonds is 1. The molecule has 1 aromatic carbocycles. The lowest BCUT2D eigenvalue weighted by Crippen LogP contribution is -1.86. The van der Waals surface area contributed by atoms with Gasteiger partial charge in [-0.1, -0.05) is 11.2 Å². The maximum absolute atomic E-state index is 5.12. The molecule has 0 spiro atoms. The van der Waals surface area contributed by atoms with Crippen LogP contribution in [0.4, 0.5) is 0 Å². The molecule has 2 rings (SSSR count). The lowest BCUT2D eigenvalue weighted by atomic mass is 10.1. The minimum absolute atomic E-state index is 0.596. The summed E-state index contributed by atoms with van der Waals surface area (Å²) in [5.41, 5.74) is 2.19. The summed E-state index contributed by atoms with van der Waals surface area (Å²) in [5, 5.41) is 3.78. The predicted octanol–water partition coefficient (Wildman–Crippen LogP) is 2.96. The summed E-state index contributed by atoms with van der Waals surface area (Å²) in [6.45, 7) is 3.87. The maximum atomic E-state index is 5.12. The normalized spacial score (nSPS) is 10.5. The van der Waals surface area contributed by atoms with Crippen LogP contribution in [0.1, 0.15) is 11.4 Å². The molecule has 0 atom stereocenters. The molecular formula is C10H9IN2O. The van der Waals surface area contributed by atoms with E-state index in [9.17, 15) is 0 Å². The SMILES string of the molecule is Cc1noc(-c2cccc(I)c2C)n1. The second-order valence-electron chi connectivity index (χ2n) is 3.06. The first kappa shape index (κ1) is 9.64. The molecule has 0 aliphatic rings. The highest BCUT2D eigenvalue weighted by atomic mass is 127. The molecule has 0 aliphatic heterocycles. The van der Waals surface area contributed by atoms with E-state index in [1.807, 2.05) is 19.1 Å². The highest BCUT2D eigenvalue weighted by molar-refractivity contribution is 14.1. The largest absolute Gasteiger partial charge is 0.334 e. The Morgan fingerprint density at radius 3 is 2.71 bits per heavy atom. The summed E-state index contributed by atoms with van der Waals surface area (Å²) in [5.74, 6) is 1.26. The van der Waals surface area contributed by atoms with Crippen LogP contribution in [-0.4, -0.2) is 10.1 Å². The lowest BCUT2D eigenvalue weighted by molar-refractivity contribution is 0.425. The minimum atomic E-state index is 0.596. The third-order valence-electron chi connectivity index (χ3n) is 2.03. The Hall–Kier alpha value is -0.910. The molecule has 0 radical (unpaired) electrons. The van der Waals surface area contributed by atoms with E-state index < -0.39 is 0 Å². The molecule has 2 aromatic rings. The van der Waals surface area contributed by atoms with Crippen LogP contribution in [0, 0.1) is 17.4 Å². The quantitative estimate of drug-likeness (QED) is 0.760. The van der Waals surface area contributed by atoms with Gasteiger partial charge in [0.05, 0.1) is 0 Å². The second-order valence-corrected chi connectivity index (χ2v) is 4.22. The van der Waals surface area contributed by atoms with Gasteiger partial charge in [0.25, 0.3) is 5.89 Å².